The summed E-state index contributed by atoms with van der Waals surface area (Å²) in [5, 5.41) is 0. The molecule has 1 aromatic rings. The maximum absolute atomic E-state index is 6.34. The van der Waals surface area contributed by atoms with Crippen LogP contribution in [0.5, 0.6) is 0 Å². The van der Waals surface area contributed by atoms with Crippen LogP contribution < -0.4 is 5.73 Å². The van der Waals surface area contributed by atoms with Crippen molar-refractivity contribution in [1.82, 2.24) is 4.57 Å². The minimum absolute atomic E-state index is 0.182. The summed E-state index contributed by atoms with van der Waals surface area (Å²) in [6.45, 7) is 10.7. The van der Waals surface area contributed by atoms with Gasteiger partial charge >= 0.3 is 0 Å². The SMILES string of the molecule is C=C/C=C(C=C)\C=C/c1ccc2n1CC(N)CC(CCCC)=C2. The van der Waals surface area contributed by atoms with Crippen molar-refractivity contribution in [1.29, 1.82) is 0 Å². The van der Waals surface area contributed by atoms with Crippen molar-refractivity contribution in [2.45, 2.75) is 45.2 Å². The van der Waals surface area contributed by atoms with E-state index >= 15 is 0 Å². The fourth-order valence-electron chi connectivity index (χ4n) is 2.97. The van der Waals surface area contributed by atoms with Crippen LogP contribution in [0.2, 0.25) is 0 Å². The van der Waals surface area contributed by atoms with E-state index in [2.05, 4.69) is 55.0 Å². The van der Waals surface area contributed by atoms with E-state index in [-0.39, 0.29) is 6.04 Å². The Bertz CT molecular complexity index is 641. The average molecular weight is 308 g/mol. The van der Waals surface area contributed by atoms with E-state index in [0.29, 0.717) is 0 Å². The zero-order valence-electron chi connectivity index (χ0n) is 14.2. The second kappa shape index (κ2) is 8.54. The predicted octanol–water partition coefficient (Wildman–Crippen LogP) is 5.10. The fourth-order valence-corrected chi connectivity index (χ4v) is 2.97. The van der Waals surface area contributed by atoms with Gasteiger partial charge < -0.3 is 10.3 Å². The molecule has 0 saturated carbocycles. The first kappa shape index (κ1) is 17.3. The molecule has 2 nitrogen and oxygen atoms in total. The van der Waals surface area contributed by atoms with E-state index in [4.69, 9.17) is 5.73 Å². The van der Waals surface area contributed by atoms with Gasteiger partial charge in [0.15, 0.2) is 0 Å². The molecule has 0 aliphatic carbocycles. The summed E-state index contributed by atoms with van der Waals surface area (Å²) in [6.07, 6.45) is 16.7. The number of allylic oxidation sites excluding steroid dienone is 5. The van der Waals surface area contributed by atoms with E-state index in [0.717, 1.165) is 25.0 Å². The van der Waals surface area contributed by atoms with Gasteiger partial charge in [-0.25, -0.2) is 0 Å². The highest BCUT2D eigenvalue weighted by Crippen LogP contribution is 2.25. The third-order valence-corrected chi connectivity index (χ3v) is 4.19. The van der Waals surface area contributed by atoms with E-state index in [1.54, 1.807) is 6.08 Å². The Morgan fingerprint density at radius 2 is 2.22 bits per heavy atom. The smallest absolute Gasteiger partial charge is 0.0412 e. The number of hydrogen-bond donors (Lipinski definition) is 1. The van der Waals surface area contributed by atoms with Crippen LogP contribution in [-0.4, -0.2) is 10.6 Å². The zero-order valence-corrected chi connectivity index (χ0v) is 14.2. The van der Waals surface area contributed by atoms with Crippen LogP contribution in [0.3, 0.4) is 0 Å². The lowest BCUT2D eigenvalue weighted by Crippen LogP contribution is -2.26. The van der Waals surface area contributed by atoms with Crippen molar-refractivity contribution in [2.75, 3.05) is 0 Å². The summed E-state index contributed by atoms with van der Waals surface area (Å²) < 4.78 is 2.31. The molecule has 1 aliphatic rings. The lowest BCUT2D eigenvalue weighted by molar-refractivity contribution is 0.546. The maximum atomic E-state index is 6.34. The molecule has 1 unspecified atom stereocenters. The highest BCUT2D eigenvalue weighted by Gasteiger charge is 2.15. The van der Waals surface area contributed by atoms with Gasteiger partial charge in [-0.2, -0.15) is 0 Å². The molecule has 0 aromatic carbocycles. The average Bonchev–Trinajstić information content (AvgIpc) is 2.82. The molecule has 0 amide bonds. The summed E-state index contributed by atoms with van der Waals surface area (Å²) in [5.74, 6) is 0. The summed E-state index contributed by atoms with van der Waals surface area (Å²) in [7, 11) is 0. The first-order valence-corrected chi connectivity index (χ1v) is 8.45. The Hall–Kier alpha value is -2.06. The molecular weight excluding hydrogens is 280 g/mol. The van der Waals surface area contributed by atoms with E-state index in [1.165, 1.54) is 29.8 Å². The molecular formula is C21H28N2. The van der Waals surface area contributed by atoms with E-state index in [9.17, 15) is 0 Å². The van der Waals surface area contributed by atoms with Crippen molar-refractivity contribution in [3.63, 3.8) is 0 Å². The van der Waals surface area contributed by atoms with Gasteiger partial charge in [-0.1, -0.05) is 56.4 Å². The summed E-state index contributed by atoms with van der Waals surface area (Å²) in [6, 6.07) is 4.53. The van der Waals surface area contributed by atoms with Gasteiger partial charge in [0.2, 0.25) is 0 Å². The van der Waals surface area contributed by atoms with E-state index < -0.39 is 0 Å². The monoisotopic (exact) mass is 308 g/mol. The summed E-state index contributed by atoms with van der Waals surface area (Å²) in [4.78, 5) is 0. The third kappa shape index (κ3) is 4.70. The molecule has 2 heteroatoms. The van der Waals surface area contributed by atoms with Crippen molar-refractivity contribution in [3.05, 3.63) is 72.1 Å². The van der Waals surface area contributed by atoms with Crippen LogP contribution in [0.25, 0.3) is 12.2 Å². The van der Waals surface area contributed by atoms with Gasteiger partial charge in [0.25, 0.3) is 0 Å². The minimum Gasteiger partial charge on any atom is -0.340 e. The normalized spacial score (nSPS) is 18.4. The molecule has 0 fully saturated rings. The van der Waals surface area contributed by atoms with Crippen LogP contribution in [0.1, 0.15) is 44.0 Å². The Morgan fingerprint density at radius 1 is 1.39 bits per heavy atom. The van der Waals surface area contributed by atoms with Crippen molar-refractivity contribution in [2.24, 2.45) is 5.73 Å². The molecule has 0 bridgehead atoms. The third-order valence-electron chi connectivity index (χ3n) is 4.19. The van der Waals surface area contributed by atoms with Crippen LogP contribution in [0.15, 0.2) is 60.7 Å². The lowest BCUT2D eigenvalue weighted by atomic mass is 10.0. The molecule has 1 aromatic heterocycles. The lowest BCUT2D eigenvalue weighted by Gasteiger charge is -2.13. The predicted molar refractivity (Wildman–Crippen MR) is 102 cm³/mol. The molecule has 0 spiro atoms. The van der Waals surface area contributed by atoms with Gasteiger partial charge in [-0.05, 0) is 49.1 Å². The quantitative estimate of drug-likeness (QED) is 0.698. The van der Waals surface area contributed by atoms with Gasteiger partial charge in [-0.3, -0.25) is 0 Å². The second-order valence-electron chi connectivity index (χ2n) is 6.10. The first-order chi connectivity index (χ1) is 11.2. The summed E-state index contributed by atoms with van der Waals surface area (Å²) >= 11 is 0. The van der Waals surface area contributed by atoms with Gasteiger partial charge in [-0.15, -0.1) is 0 Å². The minimum atomic E-state index is 0.182. The molecule has 2 rings (SSSR count). The molecule has 0 radical (unpaired) electrons. The van der Waals surface area contributed by atoms with Crippen molar-refractivity contribution < 1.29 is 0 Å². The van der Waals surface area contributed by atoms with Crippen molar-refractivity contribution >= 4 is 12.2 Å². The number of hydrogen-bond acceptors (Lipinski definition) is 1. The Labute approximate surface area is 140 Å². The molecule has 1 aliphatic heterocycles. The molecule has 1 atom stereocenters. The zero-order chi connectivity index (χ0) is 16.7. The maximum Gasteiger partial charge on any atom is 0.0412 e. The van der Waals surface area contributed by atoms with Crippen LogP contribution in [-0.2, 0) is 6.54 Å². The Morgan fingerprint density at radius 3 is 2.91 bits per heavy atom. The van der Waals surface area contributed by atoms with Crippen LogP contribution in [0, 0.1) is 0 Å². The Kier molecular flexibility index (Phi) is 6.42. The van der Waals surface area contributed by atoms with Crippen LogP contribution >= 0.6 is 0 Å². The number of fused-ring (bicyclic) bond motifs is 1. The van der Waals surface area contributed by atoms with Gasteiger partial charge in [0.05, 0.1) is 0 Å². The van der Waals surface area contributed by atoms with Crippen LogP contribution in [0.4, 0.5) is 0 Å². The van der Waals surface area contributed by atoms with Gasteiger partial charge in [0.1, 0.15) is 0 Å². The van der Waals surface area contributed by atoms with Crippen molar-refractivity contribution in [3.8, 4) is 0 Å². The standard InChI is InChI=1S/C21H28N2/c1-4-7-9-18-14-19(22)16-23-20(12-13-21(23)15-18)11-10-17(6-3)8-5-2/h5-6,8,10-13,15,19H,2-4,7,9,14,16,22H2,1H3/b11-10-,17-8-. The van der Waals surface area contributed by atoms with Gasteiger partial charge in [0, 0.05) is 24.0 Å². The first-order valence-electron chi connectivity index (χ1n) is 8.45. The second-order valence-corrected chi connectivity index (χ2v) is 6.10. The van der Waals surface area contributed by atoms with E-state index in [1.807, 2.05) is 12.2 Å². The molecule has 2 heterocycles. The molecule has 2 N–H and O–H groups in total. The number of aromatic nitrogens is 1. The topological polar surface area (TPSA) is 30.9 Å². The number of unbranched alkanes of at least 4 members (excludes halogenated alkanes) is 1. The number of nitrogens with zero attached hydrogens (tertiary/aromatic N) is 1. The number of rotatable bonds is 7. The highest BCUT2D eigenvalue weighted by molar-refractivity contribution is 5.59. The number of nitrogens with two attached hydrogens (primary N) is 1. The molecule has 0 saturated heterocycles. The largest absolute Gasteiger partial charge is 0.340 e. The Balaban J connectivity index is 2.27. The molecule has 23 heavy (non-hydrogen) atoms. The summed E-state index contributed by atoms with van der Waals surface area (Å²) in [5.41, 5.74) is 11.3. The highest BCUT2D eigenvalue weighted by atomic mass is 15.0. The fraction of sp³-hybridized carbons (Fsp3) is 0.333. The molecule has 122 valence electrons.